The molecule has 0 radical (unpaired) electrons. The third-order valence-electron chi connectivity index (χ3n) is 15.4. The molecule has 19 nitrogen and oxygen atoms in total. The molecule has 0 saturated carbocycles. The van der Waals surface area contributed by atoms with Crippen LogP contribution in [-0.2, 0) is 46.2 Å². The van der Waals surface area contributed by atoms with E-state index in [-0.39, 0.29) is 31.3 Å². The number of ether oxygens (including phenoxy) is 6. The average molecular weight is 1000 g/mol. The first kappa shape index (κ1) is 56.2. The van der Waals surface area contributed by atoms with E-state index < -0.39 is 102 Å². The van der Waals surface area contributed by atoms with Gasteiger partial charge in [-0.1, -0.05) is 54.7 Å². The highest BCUT2D eigenvalue weighted by Gasteiger charge is 2.53. The molecule has 0 unspecified atom stereocenters. The monoisotopic (exact) mass is 1000 g/mol. The van der Waals surface area contributed by atoms with E-state index in [2.05, 4.69) is 24.8 Å². The molecule has 3 aromatic rings. The molecular formula is C50H81N7O12S. The maximum Gasteiger partial charge on any atom is 0.311 e. The van der Waals surface area contributed by atoms with Crippen LogP contribution in [0.2, 0.25) is 0 Å². The van der Waals surface area contributed by atoms with Crippen LogP contribution in [0.5, 0.6) is 0 Å². The van der Waals surface area contributed by atoms with Gasteiger partial charge in [-0.3, -0.25) is 4.79 Å². The van der Waals surface area contributed by atoms with Crippen molar-refractivity contribution in [2.75, 3.05) is 34.3 Å². The maximum atomic E-state index is 14.5. The van der Waals surface area contributed by atoms with E-state index >= 15 is 0 Å². The fourth-order valence-electron chi connectivity index (χ4n) is 10.9. The number of aliphatic hydroxyl groups is 5. The fraction of sp³-hybridized carbons (Fsp3) is 0.780. The predicted octanol–water partition coefficient (Wildman–Crippen LogP) is 3.67. The van der Waals surface area contributed by atoms with Crippen molar-refractivity contribution in [3.63, 3.8) is 0 Å². The minimum atomic E-state index is -1.83. The van der Waals surface area contributed by atoms with Gasteiger partial charge < -0.3 is 63.8 Å². The van der Waals surface area contributed by atoms with Gasteiger partial charge in [-0.2, -0.15) is 0 Å². The molecule has 3 aliphatic rings. The van der Waals surface area contributed by atoms with Crippen LogP contribution in [0.1, 0.15) is 106 Å². The second-order valence-corrected chi connectivity index (χ2v) is 21.9. The summed E-state index contributed by atoms with van der Waals surface area (Å²) in [6.45, 7) is 19.1. The summed E-state index contributed by atoms with van der Waals surface area (Å²) in [7, 11) is 5.29. The summed E-state index contributed by atoms with van der Waals surface area (Å²) in [6.07, 6.45) is -6.47. The highest BCUT2D eigenvalue weighted by atomic mass is 32.1. The van der Waals surface area contributed by atoms with Crippen LogP contribution in [0.4, 0.5) is 0 Å². The van der Waals surface area contributed by atoms with Crippen molar-refractivity contribution >= 4 is 17.5 Å². The van der Waals surface area contributed by atoms with E-state index in [1.807, 2.05) is 75.6 Å². The maximum absolute atomic E-state index is 14.5. The van der Waals surface area contributed by atoms with Gasteiger partial charge in [-0.15, -0.1) is 10.2 Å². The summed E-state index contributed by atoms with van der Waals surface area (Å²) in [5.74, 6) is -2.76. The fourth-order valence-corrected chi connectivity index (χ4v) is 11.4. The molecule has 18 atom stereocenters. The Morgan fingerprint density at radius 1 is 0.957 bits per heavy atom. The molecule has 0 aliphatic carbocycles. The summed E-state index contributed by atoms with van der Waals surface area (Å²) in [5.41, 5.74) is -0.813. The lowest BCUT2D eigenvalue weighted by molar-refractivity contribution is -0.318. The second-order valence-electron chi connectivity index (χ2n) is 21.3. The van der Waals surface area contributed by atoms with Crippen LogP contribution in [0.3, 0.4) is 0 Å². The number of likely N-dealkylation sites (N-methyl/N-ethyl adjacent to an activating group) is 2. The van der Waals surface area contributed by atoms with Crippen molar-refractivity contribution in [1.29, 1.82) is 0 Å². The summed E-state index contributed by atoms with van der Waals surface area (Å²) in [4.78, 5) is 18.5. The van der Waals surface area contributed by atoms with Crippen molar-refractivity contribution in [1.82, 2.24) is 34.4 Å². The van der Waals surface area contributed by atoms with Crippen LogP contribution in [0.15, 0.2) is 35.8 Å². The van der Waals surface area contributed by atoms with E-state index in [1.54, 1.807) is 46.2 Å². The molecule has 5 N–H and O–H groups in total. The number of aromatic nitrogens is 5. The van der Waals surface area contributed by atoms with Crippen molar-refractivity contribution in [2.45, 2.75) is 198 Å². The first-order valence-corrected chi connectivity index (χ1v) is 25.7. The molecule has 394 valence electrons. The van der Waals surface area contributed by atoms with E-state index in [1.165, 1.54) is 25.6 Å². The Kier molecular flexibility index (Phi) is 18.8. The van der Waals surface area contributed by atoms with E-state index in [9.17, 15) is 30.3 Å². The van der Waals surface area contributed by atoms with E-state index in [4.69, 9.17) is 28.4 Å². The zero-order valence-electron chi connectivity index (χ0n) is 43.4. The van der Waals surface area contributed by atoms with Gasteiger partial charge in [-0.05, 0) is 105 Å². The van der Waals surface area contributed by atoms with Crippen molar-refractivity contribution < 1.29 is 58.7 Å². The molecule has 6 rings (SSSR count). The molecule has 3 fully saturated rings. The number of rotatable bonds is 13. The molecule has 3 saturated heterocycles. The Labute approximate surface area is 417 Å². The zero-order valence-corrected chi connectivity index (χ0v) is 44.2. The first-order chi connectivity index (χ1) is 32.9. The predicted molar refractivity (Wildman–Crippen MR) is 261 cm³/mol. The number of benzene rings is 1. The van der Waals surface area contributed by atoms with Gasteiger partial charge in [0.1, 0.15) is 35.7 Å². The number of esters is 1. The van der Waals surface area contributed by atoms with E-state index in [0.717, 1.165) is 22.5 Å². The number of methoxy groups -OCH3 is 1. The van der Waals surface area contributed by atoms with Crippen LogP contribution in [-0.4, -0.2) is 190 Å². The molecule has 70 heavy (non-hydrogen) atoms. The molecule has 20 heteroatoms. The largest absolute Gasteiger partial charge is 0.459 e. The SMILES string of the molecule is CC[C@H]1OC(=O)[C@H](C)[C@@H](O[C@H]2C[C@@](C)(OC)[C@@H](O)[C@H](C)O2)[C@H](C)[C@@H](O[C@@H]2O[C@H](C)C[C@H](N(C)CCc3cn(Cc4ccc(-c5csnn5)cc4)nn3)[C@H]2O)[C@](C)(O)C[C@@H](C)CN(C)[C@H](C)[C@@H](O)[C@]1(C)O. The summed E-state index contributed by atoms with van der Waals surface area (Å²) >= 11 is 1.31. The number of carbonyl (C=O) groups excluding carboxylic acids is 1. The highest BCUT2D eigenvalue weighted by molar-refractivity contribution is 7.03. The second kappa shape index (κ2) is 23.4. The summed E-state index contributed by atoms with van der Waals surface area (Å²) < 4.78 is 44.1. The van der Waals surface area contributed by atoms with Crippen LogP contribution >= 0.6 is 11.5 Å². The Balaban J connectivity index is 1.25. The summed E-state index contributed by atoms with van der Waals surface area (Å²) in [5, 5.41) is 74.6. The normalized spacial score (nSPS) is 39.9. The van der Waals surface area contributed by atoms with Gasteiger partial charge in [0, 0.05) is 68.2 Å². The third kappa shape index (κ3) is 13.0. The number of cyclic esters (lactones) is 1. The van der Waals surface area contributed by atoms with E-state index in [0.29, 0.717) is 32.5 Å². The Morgan fingerprint density at radius 2 is 1.66 bits per heavy atom. The lowest BCUT2D eigenvalue weighted by atomic mass is 9.77. The smallest absolute Gasteiger partial charge is 0.311 e. The van der Waals surface area contributed by atoms with Gasteiger partial charge in [0.25, 0.3) is 0 Å². The zero-order chi connectivity index (χ0) is 51.5. The average Bonchev–Trinajstić information content (AvgIpc) is 4.02. The number of carbonyl (C=O) groups is 1. The van der Waals surface area contributed by atoms with Gasteiger partial charge in [0.05, 0.1) is 53.8 Å². The standard InChI is InChI=1S/C50H81N7O12S/c1-14-39-50(10,63)43(59)32(6)56(12)24-28(2)22-48(8,62)45(30(4)42(31(5)46(61)67-39)68-40-23-49(9,64-13)44(60)33(7)66-40)69-47-41(58)38(21-29(3)65-47)55(11)20-19-36-26-57(53-51-36)25-34-15-17-35(18-16-34)37-27-70-54-52-37/h15-18,26-33,38-45,47,58-60,62-63H,14,19-25H2,1-13H3/t28-,29-,30+,31-,32-,33+,38+,39-,40+,41-,42+,43-,44+,45-,47+,48-,49-,50-/m1/s1. The van der Waals surface area contributed by atoms with Crippen molar-refractivity contribution in [3.8, 4) is 11.3 Å². The number of aliphatic hydroxyl groups excluding tert-OH is 3. The number of hydrogen-bond donors (Lipinski definition) is 5. The lowest BCUT2D eigenvalue weighted by Gasteiger charge is -2.49. The molecular weight excluding hydrogens is 923 g/mol. The van der Waals surface area contributed by atoms with Gasteiger partial charge in [0.2, 0.25) is 0 Å². The minimum absolute atomic E-state index is 0.106. The van der Waals surface area contributed by atoms with Crippen molar-refractivity contribution in [3.05, 3.63) is 47.1 Å². The van der Waals surface area contributed by atoms with Gasteiger partial charge in [-0.25, -0.2) is 4.68 Å². The first-order valence-electron chi connectivity index (χ1n) is 24.9. The molecule has 2 aromatic heterocycles. The minimum Gasteiger partial charge on any atom is -0.459 e. The van der Waals surface area contributed by atoms with Crippen LogP contribution in [0.25, 0.3) is 11.3 Å². The topological polar surface area (TPSA) is 237 Å². The number of nitrogens with zero attached hydrogens (tertiary/aromatic N) is 7. The lowest BCUT2D eigenvalue weighted by Crippen LogP contribution is -2.61. The van der Waals surface area contributed by atoms with Gasteiger partial charge >= 0.3 is 5.97 Å². The van der Waals surface area contributed by atoms with Gasteiger partial charge in [0.15, 0.2) is 12.6 Å². The molecule has 5 heterocycles. The highest BCUT2D eigenvalue weighted by Crippen LogP contribution is 2.40. The molecule has 1 aromatic carbocycles. The number of hydrogen-bond acceptors (Lipinski definition) is 19. The van der Waals surface area contributed by atoms with Crippen LogP contribution in [0, 0.1) is 17.8 Å². The quantitative estimate of drug-likeness (QED) is 0.154. The third-order valence-corrected chi connectivity index (χ3v) is 15.9. The molecule has 0 bridgehead atoms. The molecule has 3 aliphatic heterocycles. The molecule has 0 amide bonds. The summed E-state index contributed by atoms with van der Waals surface area (Å²) in [6, 6.07) is 7.14. The Bertz CT molecular complexity index is 2100. The Hall–Kier alpha value is -3.09. The van der Waals surface area contributed by atoms with Crippen molar-refractivity contribution in [2.24, 2.45) is 17.8 Å². The Morgan fingerprint density at radius 3 is 2.30 bits per heavy atom. The van der Waals surface area contributed by atoms with Crippen LogP contribution < -0.4 is 0 Å². The molecule has 0 spiro atoms.